The van der Waals surface area contributed by atoms with E-state index in [1.54, 1.807) is 7.11 Å². The molecule has 1 aliphatic rings. The highest BCUT2D eigenvalue weighted by Crippen LogP contribution is 2.25. The molecular weight excluding hydrogens is 224 g/mol. The number of nitrogens with one attached hydrogen (secondary N) is 1. The Morgan fingerprint density at radius 3 is 2.33 bits per heavy atom. The van der Waals surface area contributed by atoms with Crippen LogP contribution < -0.4 is 10.1 Å². The van der Waals surface area contributed by atoms with E-state index in [1.807, 2.05) is 12.1 Å². The summed E-state index contributed by atoms with van der Waals surface area (Å²) in [6, 6.07) is 9.64. The summed E-state index contributed by atoms with van der Waals surface area (Å²) in [7, 11) is 3.77. The standard InChI is InChI=1S/C15H24N2O/c1-12(13-4-6-15(18-3)7-5-13)17-10-8-14(16-2)9-11-17/h4-7,12,14,16H,8-11H2,1-3H3. The first-order valence-corrected chi connectivity index (χ1v) is 6.80. The van der Waals surface area contributed by atoms with Crippen LogP contribution in [0.3, 0.4) is 0 Å². The molecule has 1 atom stereocenters. The number of benzene rings is 1. The molecule has 1 unspecified atom stereocenters. The van der Waals surface area contributed by atoms with E-state index in [-0.39, 0.29) is 0 Å². The van der Waals surface area contributed by atoms with Crippen LogP contribution in [0.25, 0.3) is 0 Å². The van der Waals surface area contributed by atoms with E-state index in [9.17, 15) is 0 Å². The zero-order valence-corrected chi connectivity index (χ0v) is 11.6. The van der Waals surface area contributed by atoms with Crippen LogP contribution in [0.4, 0.5) is 0 Å². The third-order valence-electron chi connectivity index (χ3n) is 4.08. The molecule has 1 heterocycles. The van der Waals surface area contributed by atoms with Gasteiger partial charge in [0.05, 0.1) is 7.11 Å². The Hall–Kier alpha value is -1.06. The number of piperidine rings is 1. The van der Waals surface area contributed by atoms with Gasteiger partial charge in [-0.3, -0.25) is 4.90 Å². The van der Waals surface area contributed by atoms with Crippen LogP contribution in [0.2, 0.25) is 0 Å². The summed E-state index contributed by atoms with van der Waals surface area (Å²) in [6.07, 6.45) is 2.49. The average molecular weight is 248 g/mol. The van der Waals surface area contributed by atoms with Gasteiger partial charge in [0, 0.05) is 25.2 Å². The van der Waals surface area contributed by atoms with Crippen LogP contribution >= 0.6 is 0 Å². The van der Waals surface area contributed by atoms with E-state index in [4.69, 9.17) is 4.74 Å². The van der Waals surface area contributed by atoms with Crippen molar-refractivity contribution in [2.45, 2.75) is 31.8 Å². The Kier molecular flexibility index (Phi) is 4.61. The van der Waals surface area contributed by atoms with Crippen LogP contribution in [-0.2, 0) is 0 Å². The molecule has 1 fully saturated rings. The molecule has 3 heteroatoms. The SMILES string of the molecule is CNC1CCN(C(C)c2ccc(OC)cc2)CC1. The fourth-order valence-corrected chi connectivity index (χ4v) is 2.67. The van der Waals surface area contributed by atoms with Gasteiger partial charge in [-0.25, -0.2) is 0 Å². The zero-order chi connectivity index (χ0) is 13.0. The molecule has 1 saturated heterocycles. The Bertz CT molecular complexity index is 355. The predicted octanol–water partition coefficient (Wildman–Crippen LogP) is 2.44. The number of methoxy groups -OCH3 is 1. The highest BCUT2D eigenvalue weighted by molar-refractivity contribution is 5.28. The maximum Gasteiger partial charge on any atom is 0.118 e. The average Bonchev–Trinajstić information content (AvgIpc) is 2.47. The third kappa shape index (κ3) is 3.03. The highest BCUT2D eigenvalue weighted by atomic mass is 16.5. The van der Waals surface area contributed by atoms with Gasteiger partial charge in [-0.05, 0) is 44.5 Å². The number of rotatable bonds is 4. The number of hydrogen-bond acceptors (Lipinski definition) is 3. The lowest BCUT2D eigenvalue weighted by atomic mass is 10.0. The maximum absolute atomic E-state index is 5.20. The molecule has 0 aliphatic carbocycles. The van der Waals surface area contributed by atoms with Gasteiger partial charge >= 0.3 is 0 Å². The van der Waals surface area contributed by atoms with Crippen molar-refractivity contribution in [3.05, 3.63) is 29.8 Å². The van der Waals surface area contributed by atoms with Crippen molar-refractivity contribution in [3.63, 3.8) is 0 Å². The Morgan fingerprint density at radius 1 is 1.22 bits per heavy atom. The third-order valence-corrected chi connectivity index (χ3v) is 4.08. The number of likely N-dealkylation sites (tertiary alicyclic amines) is 1. The molecule has 0 amide bonds. The summed E-state index contributed by atoms with van der Waals surface area (Å²) in [5.41, 5.74) is 1.37. The van der Waals surface area contributed by atoms with Gasteiger partial charge in [0.1, 0.15) is 5.75 Å². The van der Waals surface area contributed by atoms with E-state index in [0.29, 0.717) is 12.1 Å². The topological polar surface area (TPSA) is 24.5 Å². The summed E-state index contributed by atoms with van der Waals surface area (Å²) in [5, 5.41) is 3.38. The van der Waals surface area contributed by atoms with Crippen LogP contribution in [0.5, 0.6) is 5.75 Å². The minimum Gasteiger partial charge on any atom is -0.497 e. The van der Waals surface area contributed by atoms with E-state index in [2.05, 4.69) is 36.3 Å². The van der Waals surface area contributed by atoms with Crippen LogP contribution in [0.1, 0.15) is 31.4 Å². The van der Waals surface area contributed by atoms with Crippen LogP contribution in [0.15, 0.2) is 24.3 Å². The smallest absolute Gasteiger partial charge is 0.118 e. The van der Waals surface area contributed by atoms with Gasteiger partial charge in [-0.2, -0.15) is 0 Å². The molecule has 1 N–H and O–H groups in total. The van der Waals surface area contributed by atoms with Crippen molar-refractivity contribution in [1.82, 2.24) is 10.2 Å². The maximum atomic E-state index is 5.20. The van der Waals surface area contributed by atoms with Gasteiger partial charge in [0.25, 0.3) is 0 Å². The van der Waals surface area contributed by atoms with Gasteiger partial charge in [0.15, 0.2) is 0 Å². The normalized spacial score (nSPS) is 19.7. The number of ether oxygens (including phenoxy) is 1. The minimum atomic E-state index is 0.494. The lowest BCUT2D eigenvalue weighted by Crippen LogP contribution is -2.42. The van der Waals surface area contributed by atoms with E-state index < -0.39 is 0 Å². The van der Waals surface area contributed by atoms with Crippen molar-refractivity contribution < 1.29 is 4.74 Å². The molecule has 0 radical (unpaired) electrons. The van der Waals surface area contributed by atoms with Gasteiger partial charge in [-0.1, -0.05) is 12.1 Å². The van der Waals surface area contributed by atoms with Crippen molar-refractivity contribution in [1.29, 1.82) is 0 Å². The lowest BCUT2D eigenvalue weighted by Gasteiger charge is -2.36. The molecule has 0 aromatic heterocycles. The van der Waals surface area contributed by atoms with Gasteiger partial charge < -0.3 is 10.1 Å². The first kappa shape index (κ1) is 13.4. The van der Waals surface area contributed by atoms with Crippen LogP contribution in [0, 0.1) is 0 Å². The van der Waals surface area contributed by atoms with Crippen LogP contribution in [-0.4, -0.2) is 38.2 Å². The molecular formula is C15H24N2O. The molecule has 0 spiro atoms. The second-order valence-corrected chi connectivity index (χ2v) is 5.05. The molecule has 3 nitrogen and oxygen atoms in total. The molecule has 100 valence electrons. The Labute approximate surface area is 110 Å². The monoisotopic (exact) mass is 248 g/mol. The van der Waals surface area contributed by atoms with Crippen molar-refractivity contribution in [3.8, 4) is 5.75 Å². The fraction of sp³-hybridized carbons (Fsp3) is 0.600. The summed E-state index contributed by atoms with van der Waals surface area (Å²) >= 11 is 0. The molecule has 1 aromatic rings. The second-order valence-electron chi connectivity index (χ2n) is 5.05. The van der Waals surface area contributed by atoms with Gasteiger partial charge in [-0.15, -0.1) is 0 Å². The van der Waals surface area contributed by atoms with Crippen molar-refractivity contribution >= 4 is 0 Å². The first-order chi connectivity index (χ1) is 8.74. The zero-order valence-electron chi connectivity index (χ0n) is 11.6. The highest BCUT2D eigenvalue weighted by Gasteiger charge is 2.22. The first-order valence-electron chi connectivity index (χ1n) is 6.80. The molecule has 2 rings (SSSR count). The number of hydrogen-bond donors (Lipinski definition) is 1. The Morgan fingerprint density at radius 2 is 1.83 bits per heavy atom. The predicted molar refractivity (Wildman–Crippen MR) is 75.1 cm³/mol. The van der Waals surface area contributed by atoms with Crippen molar-refractivity contribution in [2.24, 2.45) is 0 Å². The van der Waals surface area contributed by atoms with E-state index in [1.165, 1.54) is 31.5 Å². The molecule has 0 saturated carbocycles. The summed E-state index contributed by atoms with van der Waals surface area (Å²) < 4.78 is 5.20. The quantitative estimate of drug-likeness (QED) is 0.885. The summed E-state index contributed by atoms with van der Waals surface area (Å²) in [5.74, 6) is 0.930. The Balaban J connectivity index is 1.96. The molecule has 1 aromatic carbocycles. The molecule has 0 bridgehead atoms. The summed E-state index contributed by atoms with van der Waals surface area (Å²) in [4.78, 5) is 2.57. The second kappa shape index (κ2) is 6.21. The van der Waals surface area contributed by atoms with E-state index in [0.717, 1.165) is 5.75 Å². The number of nitrogens with zero attached hydrogens (tertiary/aromatic N) is 1. The minimum absolute atomic E-state index is 0.494. The van der Waals surface area contributed by atoms with Gasteiger partial charge in [0.2, 0.25) is 0 Å². The fourth-order valence-electron chi connectivity index (χ4n) is 2.67. The van der Waals surface area contributed by atoms with E-state index >= 15 is 0 Å². The lowest BCUT2D eigenvalue weighted by molar-refractivity contribution is 0.155. The summed E-state index contributed by atoms with van der Waals surface area (Å²) in [6.45, 7) is 4.65. The molecule has 1 aliphatic heterocycles. The van der Waals surface area contributed by atoms with Crippen molar-refractivity contribution in [2.75, 3.05) is 27.2 Å². The molecule has 18 heavy (non-hydrogen) atoms. The largest absolute Gasteiger partial charge is 0.497 e.